The molecule has 2 aromatic rings. The first-order valence-electron chi connectivity index (χ1n) is 5.24. The maximum atomic E-state index is 13.0. The molecule has 0 saturated heterocycles. The van der Waals surface area contributed by atoms with Crippen LogP contribution >= 0.6 is 0 Å². The number of nitrogens with zero attached hydrogens (tertiary/aromatic N) is 2. The molecule has 2 rings (SSSR count). The highest BCUT2D eigenvalue weighted by atomic mass is 19.2. The predicted molar refractivity (Wildman–Crippen MR) is 62.3 cm³/mol. The molecule has 0 fully saturated rings. The summed E-state index contributed by atoms with van der Waals surface area (Å²) in [7, 11) is 1.70. The molecule has 0 unspecified atom stereocenters. The number of aryl methyl sites for hydroxylation is 2. The molecular weight excluding hydrogens is 240 g/mol. The van der Waals surface area contributed by atoms with E-state index in [4.69, 9.17) is 0 Å². The van der Waals surface area contributed by atoms with Gasteiger partial charge in [0.1, 0.15) is 0 Å². The summed E-state index contributed by atoms with van der Waals surface area (Å²) in [6, 6.07) is 3.18. The Morgan fingerprint density at radius 2 is 2.06 bits per heavy atom. The van der Waals surface area contributed by atoms with E-state index < -0.39 is 17.5 Å². The van der Waals surface area contributed by atoms with Crippen molar-refractivity contribution in [1.82, 2.24) is 9.78 Å². The molecule has 1 amide bonds. The number of hydrogen-bond donors (Lipinski definition) is 1. The molecule has 0 radical (unpaired) electrons. The minimum absolute atomic E-state index is 0.196. The summed E-state index contributed by atoms with van der Waals surface area (Å²) >= 11 is 0. The average molecular weight is 251 g/mol. The summed E-state index contributed by atoms with van der Waals surface area (Å²) in [6.45, 7) is 1.69. The second-order valence-electron chi connectivity index (χ2n) is 3.88. The highest BCUT2D eigenvalue weighted by Crippen LogP contribution is 2.15. The van der Waals surface area contributed by atoms with Crippen molar-refractivity contribution in [2.24, 2.45) is 7.05 Å². The van der Waals surface area contributed by atoms with Crippen molar-refractivity contribution >= 4 is 11.6 Å². The van der Waals surface area contributed by atoms with Gasteiger partial charge in [-0.25, -0.2) is 8.78 Å². The van der Waals surface area contributed by atoms with Crippen LogP contribution in [0.15, 0.2) is 24.4 Å². The first-order valence-corrected chi connectivity index (χ1v) is 5.24. The summed E-state index contributed by atoms with van der Waals surface area (Å²) in [5.41, 5.74) is 1.15. The molecule has 1 aromatic carbocycles. The number of rotatable bonds is 2. The molecule has 0 spiro atoms. The SMILES string of the molecule is Cc1nn(C)cc1C(=O)Nc1ccc(F)c(F)c1. The zero-order valence-electron chi connectivity index (χ0n) is 9.87. The highest BCUT2D eigenvalue weighted by molar-refractivity contribution is 6.04. The van der Waals surface area contributed by atoms with Gasteiger partial charge >= 0.3 is 0 Å². The third kappa shape index (κ3) is 2.37. The van der Waals surface area contributed by atoms with Crippen molar-refractivity contribution in [3.8, 4) is 0 Å². The monoisotopic (exact) mass is 251 g/mol. The molecule has 0 aliphatic rings. The third-order valence-corrected chi connectivity index (χ3v) is 2.44. The number of benzene rings is 1. The Hall–Kier alpha value is -2.24. The normalized spacial score (nSPS) is 10.4. The van der Waals surface area contributed by atoms with E-state index in [1.165, 1.54) is 10.7 Å². The Balaban J connectivity index is 2.21. The van der Waals surface area contributed by atoms with Crippen LogP contribution in [0.3, 0.4) is 0 Å². The van der Waals surface area contributed by atoms with Gasteiger partial charge in [-0.3, -0.25) is 9.48 Å². The van der Waals surface area contributed by atoms with E-state index in [9.17, 15) is 13.6 Å². The Morgan fingerprint density at radius 1 is 1.33 bits per heavy atom. The van der Waals surface area contributed by atoms with Crippen LogP contribution in [0, 0.1) is 18.6 Å². The lowest BCUT2D eigenvalue weighted by molar-refractivity contribution is 0.102. The van der Waals surface area contributed by atoms with E-state index >= 15 is 0 Å². The quantitative estimate of drug-likeness (QED) is 0.889. The molecule has 0 aliphatic carbocycles. The van der Waals surface area contributed by atoms with Gasteiger partial charge < -0.3 is 5.32 Å². The first kappa shape index (κ1) is 12.2. The van der Waals surface area contributed by atoms with Crippen molar-refractivity contribution < 1.29 is 13.6 Å². The second kappa shape index (κ2) is 4.56. The number of aromatic nitrogens is 2. The number of nitrogens with one attached hydrogen (secondary N) is 1. The van der Waals surface area contributed by atoms with Gasteiger partial charge in [-0.2, -0.15) is 5.10 Å². The van der Waals surface area contributed by atoms with Crippen LogP contribution in [0.25, 0.3) is 0 Å². The van der Waals surface area contributed by atoms with Gasteiger partial charge in [0, 0.05) is 25.0 Å². The van der Waals surface area contributed by atoms with E-state index in [1.807, 2.05) is 0 Å². The number of carbonyl (C=O) groups is 1. The summed E-state index contributed by atoms with van der Waals surface area (Å²) in [4.78, 5) is 11.9. The van der Waals surface area contributed by atoms with Crippen LogP contribution in [0.4, 0.5) is 14.5 Å². The summed E-state index contributed by atoms with van der Waals surface area (Å²) in [5.74, 6) is -2.37. The van der Waals surface area contributed by atoms with Crippen molar-refractivity contribution in [2.45, 2.75) is 6.92 Å². The predicted octanol–water partition coefficient (Wildman–Crippen LogP) is 2.26. The van der Waals surface area contributed by atoms with Crippen LogP contribution in [-0.4, -0.2) is 15.7 Å². The lowest BCUT2D eigenvalue weighted by atomic mass is 10.2. The van der Waals surface area contributed by atoms with E-state index in [-0.39, 0.29) is 5.69 Å². The molecule has 1 heterocycles. The average Bonchev–Trinajstić information content (AvgIpc) is 2.63. The zero-order chi connectivity index (χ0) is 13.3. The molecule has 6 heteroatoms. The lowest BCUT2D eigenvalue weighted by Crippen LogP contribution is -2.12. The second-order valence-corrected chi connectivity index (χ2v) is 3.88. The summed E-state index contributed by atoms with van der Waals surface area (Å²) in [6.07, 6.45) is 1.56. The third-order valence-electron chi connectivity index (χ3n) is 2.44. The topological polar surface area (TPSA) is 46.9 Å². The Kier molecular flexibility index (Phi) is 3.10. The van der Waals surface area contributed by atoms with Gasteiger partial charge in [0.2, 0.25) is 0 Å². The molecule has 1 N–H and O–H groups in total. The van der Waals surface area contributed by atoms with Crippen LogP contribution in [0.1, 0.15) is 16.1 Å². The fraction of sp³-hybridized carbons (Fsp3) is 0.167. The van der Waals surface area contributed by atoms with Crippen LogP contribution in [-0.2, 0) is 7.05 Å². The van der Waals surface area contributed by atoms with Gasteiger partial charge in [-0.05, 0) is 19.1 Å². The van der Waals surface area contributed by atoms with E-state index in [2.05, 4.69) is 10.4 Å². The van der Waals surface area contributed by atoms with Crippen LogP contribution in [0.5, 0.6) is 0 Å². The smallest absolute Gasteiger partial charge is 0.259 e. The van der Waals surface area contributed by atoms with Crippen molar-refractivity contribution in [1.29, 1.82) is 0 Å². The number of anilines is 1. The number of carbonyl (C=O) groups excluding carboxylic acids is 1. The van der Waals surface area contributed by atoms with Gasteiger partial charge in [0.25, 0.3) is 5.91 Å². The van der Waals surface area contributed by atoms with Crippen molar-refractivity contribution in [3.05, 3.63) is 47.3 Å². The minimum Gasteiger partial charge on any atom is -0.322 e. The van der Waals surface area contributed by atoms with Crippen molar-refractivity contribution in [2.75, 3.05) is 5.32 Å². The molecule has 0 aliphatic heterocycles. The fourth-order valence-corrected chi connectivity index (χ4v) is 1.59. The van der Waals surface area contributed by atoms with Gasteiger partial charge in [0.05, 0.1) is 11.3 Å². The summed E-state index contributed by atoms with van der Waals surface area (Å²) < 4.78 is 27.2. The van der Waals surface area contributed by atoms with Crippen LogP contribution in [0.2, 0.25) is 0 Å². The Labute approximate surface area is 102 Å². The molecule has 94 valence electrons. The summed E-state index contributed by atoms with van der Waals surface area (Å²) in [5, 5.41) is 6.51. The molecule has 0 bridgehead atoms. The molecule has 0 saturated carbocycles. The minimum atomic E-state index is -1.00. The molecule has 18 heavy (non-hydrogen) atoms. The first-order chi connectivity index (χ1) is 8.47. The van der Waals surface area contributed by atoms with Gasteiger partial charge in [-0.1, -0.05) is 0 Å². The highest BCUT2D eigenvalue weighted by Gasteiger charge is 2.13. The van der Waals surface area contributed by atoms with Crippen LogP contribution < -0.4 is 5.32 Å². The Morgan fingerprint density at radius 3 is 2.61 bits per heavy atom. The van der Waals surface area contributed by atoms with E-state index in [0.717, 1.165) is 12.1 Å². The van der Waals surface area contributed by atoms with Gasteiger partial charge in [0.15, 0.2) is 11.6 Å². The lowest BCUT2D eigenvalue weighted by Gasteiger charge is -2.04. The zero-order valence-corrected chi connectivity index (χ0v) is 9.87. The van der Waals surface area contributed by atoms with Crippen molar-refractivity contribution in [3.63, 3.8) is 0 Å². The largest absolute Gasteiger partial charge is 0.322 e. The molecule has 0 atom stereocenters. The fourth-order valence-electron chi connectivity index (χ4n) is 1.59. The van der Waals surface area contributed by atoms with E-state index in [0.29, 0.717) is 11.3 Å². The molecule has 1 aromatic heterocycles. The van der Waals surface area contributed by atoms with Gasteiger partial charge in [-0.15, -0.1) is 0 Å². The maximum Gasteiger partial charge on any atom is 0.259 e. The standard InChI is InChI=1S/C12H11F2N3O/c1-7-9(6-17(2)16-7)12(18)15-8-3-4-10(13)11(14)5-8/h3-6H,1-2H3,(H,15,18). The Bertz CT molecular complexity index is 607. The molecular formula is C12H11F2N3O. The number of halogens is 2. The molecule has 4 nitrogen and oxygen atoms in total. The maximum absolute atomic E-state index is 13.0. The number of amides is 1. The van der Waals surface area contributed by atoms with E-state index in [1.54, 1.807) is 20.2 Å². The number of hydrogen-bond acceptors (Lipinski definition) is 2.